The molecule has 0 saturated carbocycles. The molecule has 1 aromatic rings. The van der Waals surface area contributed by atoms with Crippen molar-refractivity contribution in [2.75, 3.05) is 19.6 Å². The normalized spacial score (nSPS) is 19.1. The number of hydrogen-bond donors (Lipinski definition) is 2. The first-order valence-corrected chi connectivity index (χ1v) is 7.27. The Morgan fingerprint density at radius 3 is 3.11 bits per heavy atom. The monoisotopic (exact) mass is 260 g/mol. The molecule has 0 aliphatic carbocycles. The lowest BCUT2D eigenvalue weighted by atomic mass is 9.96. The number of piperidine rings is 1. The van der Waals surface area contributed by atoms with Gasteiger partial charge >= 0.3 is 0 Å². The Balaban J connectivity index is 1.67. The molecule has 2 N–H and O–H groups in total. The molecule has 3 heteroatoms. The number of carbonyl (C=O) groups excluding carboxylic acids is 1. The second kappa shape index (κ2) is 7.29. The third-order valence-corrected chi connectivity index (χ3v) is 3.72. The molecule has 0 aromatic heterocycles. The van der Waals surface area contributed by atoms with E-state index in [4.69, 9.17) is 0 Å². The Hall–Kier alpha value is -1.35. The number of hydrogen-bond acceptors (Lipinski definition) is 2. The second-order valence-electron chi connectivity index (χ2n) is 5.52. The minimum atomic E-state index is 0.134. The van der Waals surface area contributed by atoms with Crippen molar-refractivity contribution in [1.29, 1.82) is 0 Å². The molecule has 1 saturated heterocycles. The Kier molecular flexibility index (Phi) is 5.40. The smallest absolute Gasteiger partial charge is 0.224 e. The van der Waals surface area contributed by atoms with E-state index in [-0.39, 0.29) is 5.91 Å². The van der Waals surface area contributed by atoms with E-state index in [1.807, 2.05) is 12.1 Å². The summed E-state index contributed by atoms with van der Waals surface area (Å²) in [7, 11) is 0. The summed E-state index contributed by atoms with van der Waals surface area (Å²) in [4.78, 5) is 11.8. The Morgan fingerprint density at radius 2 is 2.37 bits per heavy atom. The molecule has 1 atom stereocenters. The highest BCUT2D eigenvalue weighted by Crippen LogP contribution is 2.12. The van der Waals surface area contributed by atoms with Gasteiger partial charge in [0.15, 0.2) is 0 Å². The Morgan fingerprint density at radius 1 is 1.47 bits per heavy atom. The second-order valence-corrected chi connectivity index (χ2v) is 5.52. The third-order valence-electron chi connectivity index (χ3n) is 3.72. The summed E-state index contributed by atoms with van der Waals surface area (Å²) in [5, 5.41) is 6.44. The average Bonchev–Trinajstić information content (AvgIpc) is 2.40. The van der Waals surface area contributed by atoms with E-state index >= 15 is 0 Å². The molecule has 1 fully saturated rings. The summed E-state index contributed by atoms with van der Waals surface area (Å²) >= 11 is 0. The van der Waals surface area contributed by atoms with Crippen LogP contribution >= 0.6 is 0 Å². The van der Waals surface area contributed by atoms with Crippen LogP contribution in [0.1, 0.15) is 30.4 Å². The largest absolute Gasteiger partial charge is 0.356 e. The van der Waals surface area contributed by atoms with Crippen molar-refractivity contribution in [2.45, 2.75) is 32.6 Å². The van der Waals surface area contributed by atoms with Crippen molar-refractivity contribution in [2.24, 2.45) is 5.92 Å². The van der Waals surface area contributed by atoms with E-state index in [1.54, 1.807) is 0 Å². The fourth-order valence-corrected chi connectivity index (χ4v) is 2.66. The van der Waals surface area contributed by atoms with Crippen molar-refractivity contribution in [3.8, 4) is 0 Å². The molecule has 0 spiro atoms. The van der Waals surface area contributed by atoms with Crippen LogP contribution in [0, 0.1) is 12.8 Å². The third kappa shape index (κ3) is 5.03. The van der Waals surface area contributed by atoms with Crippen LogP contribution in [0.15, 0.2) is 24.3 Å². The maximum Gasteiger partial charge on any atom is 0.224 e. The fraction of sp³-hybridized carbons (Fsp3) is 0.562. The van der Waals surface area contributed by atoms with E-state index in [1.165, 1.54) is 18.4 Å². The maximum atomic E-state index is 11.8. The van der Waals surface area contributed by atoms with Crippen molar-refractivity contribution in [3.63, 3.8) is 0 Å². The first-order valence-electron chi connectivity index (χ1n) is 7.27. The quantitative estimate of drug-likeness (QED) is 0.850. The highest BCUT2D eigenvalue weighted by Gasteiger charge is 2.12. The summed E-state index contributed by atoms with van der Waals surface area (Å²) in [6.07, 6.45) is 4.14. The van der Waals surface area contributed by atoms with Gasteiger partial charge in [0.2, 0.25) is 5.91 Å². The van der Waals surface area contributed by atoms with Crippen molar-refractivity contribution >= 4 is 5.91 Å². The predicted octanol–water partition coefficient (Wildman–Crippen LogP) is 2.04. The van der Waals surface area contributed by atoms with E-state index in [0.29, 0.717) is 6.42 Å². The molecule has 0 bridgehead atoms. The van der Waals surface area contributed by atoms with Crippen molar-refractivity contribution < 1.29 is 4.79 Å². The molecule has 1 aliphatic heterocycles. The first-order chi connectivity index (χ1) is 9.24. The molecular weight excluding hydrogens is 236 g/mol. The van der Waals surface area contributed by atoms with Gasteiger partial charge in [-0.2, -0.15) is 0 Å². The van der Waals surface area contributed by atoms with Gasteiger partial charge in [0.25, 0.3) is 0 Å². The van der Waals surface area contributed by atoms with Crippen LogP contribution in [-0.2, 0) is 11.2 Å². The summed E-state index contributed by atoms with van der Waals surface area (Å²) in [6, 6.07) is 8.14. The van der Waals surface area contributed by atoms with Crippen molar-refractivity contribution in [3.05, 3.63) is 35.4 Å². The van der Waals surface area contributed by atoms with Gasteiger partial charge in [-0.15, -0.1) is 0 Å². The zero-order valence-electron chi connectivity index (χ0n) is 11.7. The van der Waals surface area contributed by atoms with Gasteiger partial charge in [0.05, 0.1) is 6.42 Å². The van der Waals surface area contributed by atoms with Gasteiger partial charge in [-0.25, -0.2) is 0 Å². The van der Waals surface area contributed by atoms with E-state index in [2.05, 4.69) is 29.7 Å². The SMILES string of the molecule is Cc1cccc(CC(=O)NCC[C@H]2CCCNC2)c1. The van der Waals surface area contributed by atoms with Crippen LogP contribution in [0.3, 0.4) is 0 Å². The molecule has 0 unspecified atom stereocenters. The zero-order chi connectivity index (χ0) is 13.5. The lowest BCUT2D eigenvalue weighted by Gasteiger charge is -2.22. The lowest BCUT2D eigenvalue weighted by Crippen LogP contribution is -2.33. The summed E-state index contributed by atoms with van der Waals surface area (Å²) in [5.41, 5.74) is 2.30. The minimum absolute atomic E-state index is 0.134. The minimum Gasteiger partial charge on any atom is -0.356 e. The van der Waals surface area contributed by atoms with Crippen LogP contribution < -0.4 is 10.6 Å². The van der Waals surface area contributed by atoms with E-state index in [9.17, 15) is 4.79 Å². The number of rotatable bonds is 5. The Labute approximate surface area is 115 Å². The van der Waals surface area contributed by atoms with Gasteiger partial charge in [-0.1, -0.05) is 29.8 Å². The molecule has 0 radical (unpaired) electrons. The molecule has 2 rings (SSSR count). The molecule has 3 nitrogen and oxygen atoms in total. The van der Waals surface area contributed by atoms with Gasteiger partial charge in [0, 0.05) is 6.54 Å². The van der Waals surface area contributed by atoms with E-state index < -0.39 is 0 Å². The van der Waals surface area contributed by atoms with Crippen molar-refractivity contribution in [1.82, 2.24) is 10.6 Å². The standard InChI is InChI=1S/C16H24N2O/c1-13-4-2-5-15(10-13)11-16(19)18-9-7-14-6-3-8-17-12-14/h2,4-5,10,14,17H,3,6-9,11-12H2,1H3,(H,18,19)/t14-/m1/s1. The molecule has 1 aliphatic rings. The number of nitrogens with one attached hydrogen (secondary N) is 2. The van der Waals surface area contributed by atoms with Crippen LogP contribution in [-0.4, -0.2) is 25.5 Å². The van der Waals surface area contributed by atoms with Gasteiger partial charge in [-0.05, 0) is 50.8 Å². The molecule has 1 amide bonds. The van der Waals surface area contributed by atoms with Gasteiger partial charge < -0.3 is 10.6 Å². The van der Waals surface area contributed by atoms with Gasteiger partial charge in [-0.3, -0.25) is 4.79 Å². The van der Waals surface area contributed by atoms with Crippen LogP contribution in [0.5, 0.6) is 0 Å². The topological polar surface area (TPSA) is 41.1 Å². The number of aryl methyl sites for hydroxylation is 1. The zero-order valence-corrected chi connectivity index (χ0v) is 11.7. The summed E-state index contributed by atoms with van der Waals surface area (Å²) < 4.78 is 0. The first kappa shape index (κ1) is 14.1. The predicted molar refractivity (Wildman–Crippen MR) is 78.1 cm³/mol. The summed E-state index contributed by atoms with van der Waals surface area (Å²) in [5.74, 6) is 0.863. The molecule has 104 valence electrons. The lowest BCUT2D eigenvalue weighted by molar-refractivity contribution is -0.120. The summed E-state index contributed by atoms with van der Waals surface area (Å²) in [6.45, 7) is 5.11. The van der Waals surface area contributed by atoms with Crippen LogP contribution in [0.2, 0.25) is 0 Å². The van der Waals surface area contributed by atoms with Crippen LogP contribution in [0.4, 0.5) is 0 Å². The highest BCUT2D eigenvalue weighted by molar-refractivity contribution is 5.78. The fourth-order valence-electron chi connectivity index (χ4n) is 2.66. The van der Waals surface area contributed by atoms with Gasteiger partial charge in [0.1, 0.15) is 0 Å². The number of amides is 1. The van der Waals surface area contributed by atoms with Crippen LogP contribution in [0.25, 0.3) is 0 Å². The molecule has 19 heavy (non-hydrogen) atoms. The number of carbonyl (C=O) groups is 1. The molecule has 1 aromatic carbocycles. The Bertz CT molecular complexity index is 411. The molecule has 1 heterocycles. The highest BCUT2D eigenvalue weighted by atomic mass is 16.1. The number of benzene rings is 1. The molecular formula is C16H24N2O. The van der Waals surface area contributed by atoms with E-state index in [0.717, 1.165) is 37.5 Å². The maximum absolute atomic E-state index is 11.8. The average molecular weight is 260 g/mol.